The zero-order chi connectivity index (χ0) is 22.9. The molecule has 0 radical (unpaired) electrons. The molecule has 2 heterocycles. The quantitative estimate of drug-likeness (QED) is 0.476. The van der Waals surface area contributed by atoms with E-state index in [-0.39, 0.29) is 11.8 Å². The van der Waals surface area contributed by atoms with E-state index in [2.05, 4.69) is 65.1 Å². The molecule has 1 atom stereocenters. The highest BCUT2D eigenvalue weighted by molar-refractivity contribution is 5.80. The minimum Gasteiger partial charge on any atom is -0.369 e. The first-order chi connectivity index (χ1) is 15.4. The van der Waals surface area contributed by atoms with Crippen LogP contribution in [0.5, 0.6) is 0 Å². The summed E-state index contributed by atoms with van der Waals surface area (Å²) in [6, 6.07) is 8.69. The van der Waals surface area contributed by atoms with Crippen molar-refractivity contribution in [3.63, 3.8) is 0 Å². The van der Waals surface area contributed by atoms with Crippen LogP contribution >= 0.6 is 0 Å². The molecule has 2 saturated heterocycles. The molecule has 1 unspecified atom stereocenters. The minimum absolute atomic E-state index is 0.0137. The van der Waals surface area contributed by atoms with Crippen molar-refractivity contribution in [3.8, 4) is 0 Å². The molecule has 0 aromatic heterocycles. The Labute approximate surface area is 194 Å². The SMILES string of the molecule is CCNC(=NCc1cccc(CN2CCCC(C(N)=O)C2)c1)N1CCN(CC(C)C)CC1. The smallest absolute Gasteiger partial charge is 0.221 e. The van der Waals surface area contributed by atoms with Crippen LogP contribution in [0.1, 0.15) is 44.7 Å². The molecule has 178 valence electrons. The van der Waals surface area contributed by atoms with E-state index < -0.39 is 0 Å². The van der Waals surface area contributed by atoms with Crippen molar-refractivity contribution in [1.82, 2.24) is 20.0 Å². The van der Waals surface area contributed by atoms with Crippen molar-refractivity contribution in [3.05, 3.63) is 35.4 Å². The lowest BCUT2D eigenvalue weighted by molar-refractivity contribution is -0.123. The molecule has 7 nitrogen and oxygen atoms in total. The van der Waals surface area contributed by atoms with Crippen molar-refractivity contribution in [2.75, 3.05) is 52.4 Å². The van der Waals surface area contributed by atoms with Gasteiger partial charge in [0.25, 0.3) is 0 Å². The third-order valence-corrected chi connectivity index (χ3v) is 6.35. The second kappa shape index (κ2) is 12.2. The Morgan fingerprint density at radius 1 is 1.16 bits per heavy atom. The van der Waals surface area contributed by atoms with Crippen LogP contribution < -0.4 is 11.1 Å². The van der Waals surface area contributed by atoms with Crippen LogP contribution in [0, 0.1) is 11.8 Å². The summed E-state index contributed by atoms with van der Waals surface area (Å²) in [4.78, 5) is 23.8. The number of nitrogens with zero attached hydrogens (tertiary/aromatic N) is 4. The Balaban J connectivity index is 1.57. The van der Waals surface area contributed by atoms with Gasteiger partial charge in [-0.25, -0.2) is 4.99 Å². The van der Waals surface area contributed by atoms with E-state index >= 15 is 0 Å². The van der Waals surface area contributed by atoms with Gasteiger partial charge in [-0.3, -0.25) is 14.6 Å². The molecule has 32 heavy (non-hydrogen) atoms. The number of amides is 1. The molecule has 3 rings (SSSR count). The van der Waals surface area contributed by atoms with Gasteiger partial charge in [0.2, 0.25) is 5.91 Å². The van der Waals surface area contributed by atoms with Crippen LogP contribution in [0.2, 0.25) is 0 Å². The molecular weight excluding hydrogens is 400 g/mol. The van der Waals surface area contributed by atoms with Gasteiger partial charge in [0, 0.05) is 52.4 Å². The third kappa shape index (κ3) is 7.48. The molecule has 2 aliphatic heterocycles. The fourth-order valence-electron chi connectivity index (χ4n) is 4.77. The molecule has 7 heteroatoms. The van der Waals surface area contributed by atoms with Gasteiger partial charge in [-0.05, 0) is 43.4 Å². The standard InChI is InChI=1S/C25H42N6O/c1-4-27-25(31-13-11-29(12-14-31)17-20(2)3)28-16-21-7-5-8-22(15-21)18-30-10-6-9-23(19-30)24(26)32/h5,7-8,15,20,23H,4,6,9-14,16-19H2,1-3H3,(H2,26,32)(H,27,28). The number of nitrogens with one attached hydrogen (secondary N) is 1. The number of hydrogen-bond donors (Lipinski definition) is 2. The van der Waals surface area contributed by atoms with Crippen molar-refractivity contribution in [2.24, 2.45) is 22.6 Å². The maximum absolute atomic E-state index is 11.6. The predicted octanol–water partition coefficient (Wildman–Crippen LogP) is 2.12. The highest BCUT2D eigenvalue weighted by Gasteiger charge is 2.24. The van der Waals surface area contributed by atoms with Crippen LogP contribution in [0.25, 0.3) is 0 Å². The normalized spacial score (nSPS) is 21.2. The van der Waals surface area contributed by atoms with Crippen LogP contribution in [0.4, 0.5) is 0 Å². The Hall–Kier alpha value is -2.12. The second-order valence-electron chi connectivity index (χ2n) is 9.65. The van der Waals surface area contributed by atoms with E-state index in [9.17, 15) is 4.79 Å². The lowest BCUT2D eigenvalue weighted by Gasteiger charge is -2.37. The van der Waals surface area contributed by atoms with Gasteiger partial charge in [-0.15, -0.1) is 0 Å². The fourth-order valence-corrected chi connectivity index (χ4v) is 4.77. The summed E-state index contributed by atoms with van der Waals surface area (Å²) < 4.78 is 0. The number of guanidine groups is 1. The van der Waals surface area contributed by atoms with E-state index in [4.69, 9.17) is 10.7 Å². The number of benzene rings is 1. The number of carbonyl (C=O) groups is 1. The monoisotopic (exact) mass is 442 g/mol. The Kier molecular flexibility index (Phi) is 9.36. The predicted molar refractivity (Wildman–Crippen MR) is 131 cm³/mol. The van der Waals surface area contributed by atoms with Crippen molar-refractivity contribution in [1.29, 1.82) is 0 Å². The number of nitrogens with two attached hydrogens (primary N) is 1. The number of carbonyl (C=O) groups excluding carboxylic acids is 1. The van der Waals surface area contributed by atoms with Gasteiger partial charge in [0.15, 0.2) is 5.96 Å². The number of piperazine rings is 1. The molecule has 3 N–H and O–H groups in total. The Morgan fingerprint density at radius 3 is 2.59 bits per heavy atom. The maximum Gasteiger partial charge on any atom is 0.221 e. The van der Waals surface area contributed by atoms with E-state index in [1.165, 1.54) is 17.7 Å². The molecule has 0 bridgehead atoms. The molecule has 0 saturated carbocycles. The molecular formula is C25H42N6O. The molecule has 2 fully saturated rings. The van der Waals surface area contributed by atoms with E-state index in [0.29, 0.717) is 12.5 Å². The van der Waals surface area contributed by atoms with Crippen LogP contribution in [0.3, 0.4) is 0 Å². The summed E-state index contributed by atoms with van der Waals surface area (Å²) in [6.45, 7) is 16.3. The fraction of sp³-hybridized carbons (Fsp3) is 0.680. The van der Waals surface area contributed by atoms with Gasteiger partial charge in [-0.1, -0.05) is 38.1 Å². The van der Waals surface area contributed by atoms with Gasteiger partial charge in [0.1, 0.15) is 0 Å². The number of aliphatic imine (C=N–C) groups is 1. The van der Waals surface area contributed by atoms with Crippen molar-refractivity contribution in [2.45, 2.75) is 46.7 Å². The van der Waals surface area contributed by atoms with Crippen molar-refractivity contribution < 1.29 is 4.79 Å². The number of primary amides is 1. The van der Waals surface area contributed by atoms with Crippen LogP contribution in [0.15, 0.2) is 29.3 Å². The summed E-state index contributed by atoms with van der Waals surface area (Å²) in [6.07, 6.45) is 1.95. The summed E-state index contributed by atoms with van der Waals surface area (Å²) in [5, 5.41) is 3.48. The van der Waals surface area contributed by atoms with Crippen LogP contribution in [-0.2, 0) is 17.9 Å². The molecule has 0 spiro atoms. The molecule has 2 aliphatic rings. The number of piperidine rings is 1. The average Bonchev–Trinajstić information content (AvgIpc) is 2.77. The molecule has 1 aromatic rings. The van der Waals surface area contributed by atoms with Gasteiger partial charge in [0.05, 0.1) is 12.5 Å². The number of hydrogen-bond acceptors (Lipinski definition) is 4. The highest BCUT2D eigenvalue weighted by atomic mass is 16.1. The lowest BCUT2D eigenvalue weighted by Crippen LogP contribution is -2.53. The summed E-state index contributed by atoms with van der Waals surface area (Å²) in [5.41, 5.74) is 8.03. The first-order valence-corrected chi connectivity index (χ1v) is 12.3. The van der Waals surface area contributed by atoms with E-state index in [1.54, 1.807) is 0 Å². The molecule has 0 aliphatic carbocycles. The van der Waals surface area contributed by atoms with Gasteiger partial charge < -0.3 is 16.0 Å². The van der Waals surface area contributed by atoms with E-state index in [1.807, 2.05) is 0 Å². The maximum atomic E-state index is 11.6. The van der Waals surface area contributed by atoms with Gasteiger partial charge >= 0.3 is 0 Å². The second-order valence-corrected chi connectivity index (χ2v) is 9.65. The highest BCUT2D eigenvalue weighted by Crippen LogP contribution is 2.19. The Bertz CT molecular complexity index is 757. The number of likely N-dealkylation sites (tertiary alicyclic amines) is 1. The molecule has 1 aromatic carbocycles. The first-order valence-electron chi connectivity index (χ1n) is 12.3. The first kappa shape index (κ1) is 24.5. The summed E-state index contributed by atoms with van der Waals surface area (Å²) >= 11 is 0. The summed E-state index contributed by atoms with van der Waals surface area (Å²) in [5.74, 6) is 1.55. The zero-order valence-corrected chi connectivity index (χ0v) is 20.2. The number of rotatable bonds is 8. The van der Waals surface area contributed by atoms with Crippen molar-refractivity contribution >= 4 is 11.9 Å². The third-order valence-electron chi connectivity index (χ3n) is 6.35. The Morgan fingerprint density at radius 2 is 1.91 bits per heavy atom. The summed E-state index contributed by atoms with van der Waals surface area (Å²) in [7, 11) is 0. The molecule has 1 amide bonds. The van der Waals surface area contributed by atoms with E-state index in [0.717, 1.165) is 71.2 Å². The average molecular weight is 443 g/mol. The lowest BCUT2D eigenvalue weighted by atomic mass is 9.97. The minimum atomic E-state index is -0.168. The van der Waals surface area contributed by atoms with Gasteiger partial charge in [-0.2, -0.15) is 0 Å². The van der Waals surface area contributed by atoms with Crippen LogP contribution in [-0.4, -0.2) is 78.9 Å². The topological polar surface area (TPSA) is 77.2 Å². The largest absolute Gasteiger partial charge is 0.369 e. The zero-order valence-electron chi connectivity index (χ0n) is 20.2.